The molecule has 2 unspecified atom stereocenters. The van der Waals surface area contributed by atoms with Crippen LogP contribution in [0, 0.1) is 17.8 Å². The van der Waals surface area contributed by atoms with Crippen LogP contribution in [0.15, 0.2) is 0 Å². The van der Waals surface area contributed by atoms with Crippen LogP contribution in [0.1, 0.15) is 45.4 Å². The molecule has 0 radical (unpaired) electrons. The summed E-state index contributed by atoms with van der Waals surface area (Å²) >= 11 is 0. The molecule has 0 amide bonds. The summed E-state index contributed by atoms with van der Waals surface area (Å²) in [5.41, 5.74) is 0. The van der Waals surface area contributed by atoms with E-state index >= 15 is 0 Å². The summed E-state index contributed by atoms with van der Waals surface area (Å²) < 4.78 is 0. The van der Waals surface area contributed by atoms with Crippen LogP contribution in [-0.2, 0) is 0 Å². The molecule has 0 aromatic heterocycles. The Morgan fingerprint density at radius 3 is 2.30 bits per heavy atom. The standard InChI is InChI=1S/C10H18/c1-8-4-2-5-9-6-3-7-10(8)9/h8-10H,2-7H2,1H3/t8-,9?,10?/m0/s1. The van der Waals surface area contributed by atoms with Crippen LogP contribution in [0.5, 0.6) is 0 Å². The molecule has 0 aromatic carbocycles. The molecule has 0 spiro atoms. The normalized spacial score (nSPS) is 47.1. The second kappa shape index (κ2) is 2.56. The van der Waals surface area contributed by atoms with E-state index in [9.17, 15) is 0 Å². The molecule has 0 aliphatic heterocycles. The van der Waals surface area contributed by atoms with Gasteiger partial charge >= 0.3 is 0 Å². The zero-order chi connectivity index (χ0) is 6.97. The average Bonchev–Trinajstić information content (AvgIpc) is 2.36. The highest BCUT2D eigenvalue weighted by Gasteiger charge is 2.33. The maximum atomic E-state index is 2.46. The van der Waals surface area contributed by atoms with Crippen LogP contribution in [0.2, 0.25) is 0 Å². The maximum absolute atomic E-state index is 2.46. The lowest BCUT2D eigenvalue weighted by molar-refractivity contribution is 0.197. The van der Waals surface area contributed by atoms with Gasteiger partial charge in [-0.15, -0.1) is 0 Å². The van der Waals surface area contributed by atoms with E-state index < -0.39 is 0 Å². The van der Waals surface area contributed by atoms with Crippen molar-refractivity contribution in [3.63, 3.8) is 0 Å². The fraction of sp³-hybridized carbons (Fsp3) is 1.00. The monoisotopic (exact) mass is 138 g/mol. The van der Waals surface area contributed by atoms with Crippen LogP contribution < -0.4 is 0 Å². The molecule has 0 N–H and O–H groups in total. The Kier molecular flexibility index (Phi) is 1.71. The molecule has 2 aliphatic rings. The van der Waals surface area contributed by atoms with Gasteiger partial charge in [0.25, 0.3) is 0 Å². The SMILES string of the molecule is C[C@H]1CCCC2CCCC21. The third-order valence-electron chi connectivity index (χ3n) is 3.68. The van der Waals surface area contributed by atoms with Crippen molar-refractivity contribution in [2.24, 2.45) is 17.8 Å². The van der Waals surface area contributed by atoms with E-state index in [1.165, 1.54) is 19.3 Å². The van der Waals surface area contributed by atoms with Crippen LogP contribution >= 0.6 is 0 Å². The van der Waals surface area contributed by atoms with E-state index in [4.69, 9.17) is 0 Å². The molecular weight excluding hydrogens is 120 g/mol. The Labute approximate surface area is 64.0 Å². The van der Waals surface area contributed by atoms with Gasteiger partial charge in [0.05, 0.1) is 0 Å². The lowest BCUT2D eigenvalue weighted by Crippen LogP contribution is -2.21. The van der Waals surface area contributed by atoms with Crippen molar-refractivity contribution in [1.29, 1.82) is 0 Å². The first-order valence-corrected chi connectivity index (χ1v) is 4.88. The molecule has 10 heavy (non-hydrogen) atoms. The van der Waals surface area contributed by atoms with Crippen molar-refractivity contribution in [2.75, 3.05) is 0 Å². The van der Waals surface area contributed by atoms with Crippen molar-refractivity contribution < 1.29 is 0 Å². The first kappa shape index (κ1) is 6.69. The minimum Gasteiger partial charge on any atom is -0.0622 e. The molecule has 0 heteroatoms. The Bertz CT molecular complexity index is 117. The van der Waals surface area contributed by atoms with Crippen molar-refractivity contribution in [3.8, 4) is 0 Å². The molecule has 2 rings (SSSR count). The third-order valence-corrected chi connectivity index (χ3v) is 3.68. The zero-order valence-corrected chi connectivity index (χ0v) is 6.97. The largest absolute Gasteiger partial charge is 0.0622 e. The predicted molar refractivity (Wildman–Crippen MR) is 43.8 cm³/mol. The van der Waals surface area contributed by atoms with E-state index in [-0.39, 0.29) is 0 Å². The summed E-state index contributed by atoms with van der Waals surface area (Å²) in [5, 5.41) is 0. The Balaban J connectivity index is 2.03. The molecular formula is C10H18. The molecule has 3 atom stereocenters. The van der Waals surface area contributed by atoms with Gasteiger partial charge in [0, 0.05) is 0 Å². The van der Waals surface area contributed by atoms with E-state index in [1.807, 2.05) is 0 Å². The van der Waals surface area contributed by atoms with Crippen molar-refractivity contribution in [3.05, 3.63) is 0 Å². The summed E-state index contributed by atoms with van der Waals surface area (Å²) in [6.07, 6.45) is 9.21. The zero-order valence-electron chi connectivity index (χ0n) is 6.97. The predicted octanol–water partition coefficient (Wildman–Crippen LogP) is 3.22. The van der Waals surface area contributed by atoms with Gasteiger partial charge in [-0.1, -0.05) is 39.0 Å². The Hall–Kier alpha value is 0. The van der Waals surface area contributed by atoms with Gasteiger partial charge in [-0.3, -0.25) is 0 Å². The van der Waals surface area contributed by atoms with Gasteiger partial charge in [-0.2, -0.15) is 0 Å². The summed E-state index contributed by atoms with van der Waals surface area (Å²) in [5.74, 6) is 3.33. The van der Waals surface area contributed by atoms with E-state index in [1.54, 1.807) is 19.3 Å². The molecule has 0 aromatic rings. The summed E-state index contributed by atoms with van der Waals surface area (Å²) in [4.78, 5) is 0. The first-order valence-electron chi connectivity index (χ1n) is 4.88. The molecule has 2 fully saturated rings. The topological polar surface area (TPSA) is 0 Å². The quantitative estimate of drug-likeness (QED) is 0.482. The summed E-state index contributed by atoms with van der Waals surface area (Å²) in [7, 11) is 0. The number of hydrogen-bond acceptors (Lipinski definition) is 0. The first-order chi connectivity index (χ1) is 4.88. The minimum atomic E-state index is 1.06. The minimum absolute atomic E-state index is 1.06. The fourth-order valence-electron chi connectivity index (χ4n) is 3.09. The van der Waals surface area contributed by atoms with E-state index in [0.717, 1.165) is 17.8 Å². The summed E-state index contributed by atoms with van der Waals surface area (Å²) in [6.45, 7) is 2.46. The van der Waals surface area contributed by atoms with Crippen LogP contribution in [0.4, 0.5) is 0 Å². The Morgan fingerprint density at radius 2 is 1.60 bits per heavy atom. The van der Waals surface area contributed by atoms with Gasteiger partial charge in [0.1, 0.15) is 0 Å². The smallest absolute Gasteiger partial charge is 0.0360 e. The lowest BCUT2D eigenvalue weighted by atomic mass is 9.75. The molecule has 0 saturated heterocycles. The van der Waals surface area contributed by atoms with Crippen LogP contribution in [-0.4, -0.2) is 0 Å². The molecule has 2 saturated carbocycles. The van der Waals surface area contributed by atoms with Crippen molar-refractivity contribution in [1.82, 2.24) is 0 Å². The van der Waals surface area contributed by atoms with Gasteiger partial charge < -0.3 is 0 Å². The van der Waals surface area contributed by atoms with Gasteiger partial charge in [0.15, 0.2) is 0 Å². The van der Waals surface area contributed by atoms with Crippen molar-refractivity contribution in [2.45, 2.75) is 45.4 Å². The van der Waals surface area contributed by atoms with E-state index in [0.29, 0.717) is 0 Å². The van der Waals surface area contributed by atoms with Crippen LogP contribution in [0.25, 0.3) is 0 Å². The maximum Gasteiger partial charge on any atom is -0.0360 e. The molecule has 2 aliphatic carbocycles. The highest BCUT2D eigenvalue weighted by Crippen LogP contribution is 2.44. The summed E-state index contributed by atoms with van der Waals surface area (Å²) in [6, 6.07) is 0. The fourth-order valence-corrected chi connectivity index (χ4v) is 3.09. The molecule has 0 nitrogen and oxygen atoms in total. The number of hydrogen-bond donors (Lipinski definition) is 0. The number of rotatable bonds is 0. The third kappa shape index (κ3) is 0.980. The molecule has 58 valence electrons. The van der Waals surface area contributed by atoms with Gasteiger partial charge in [-0.25, -0.2) is 0 Å². The van der Waals surface area contributed by atoms with E-state index in [2.05, 4.69) is 6.92 Å². The Morgan fingerprint density at radius 1 is 0.900 bits per heavy atom. The van der Waals surface area contributed by atoms with Gasteiger partial charge in [-0.05, 0) is 24.2 Å². The second-order valence-electron chi connectivity index (χ2n) is 4.26. The lowest BCUT2D eigenvalue weighted by Gasteiger charge is -2.31. The highest BCUT2D eigenvalue weighted by molar-refractivity contribution is 4.84. The van der Waals surface area contributed by atoms with Gasteiger partial charge in [0.2, 0.25) is 0 Å². The molecule has 0 heterocycles. The second-order valence-corrected chi connectivity index (χ2v) is 4.26. The van der Waals surface area contributed by atoms with Crippen LogP contribution in [0.3, 0.4) is 0 Å². The average molecular weight is 138 g/mol. The van der Waals surface area contributed by atoms with Crippen molar-refractivity contribution >= 4 is 0 Å². The number of fused-ring (bicyclic) bond motifs is 1. The molecule has 0 bridgehead atoms. The highest BCUT2D eigenvalue weighted by atomic mass is 14.4.